The van der Waals surface area contributed by atoms with Crippen LogP contribution in [-0.4, -0.2) is 28.8 Å². The normalized spacial score (nSPS) is 17.4. The molecule has 0 aliphatic carbocycles. The number of nitrogens with one attached hydrogen (secondary N) is 1. The van der Waals surface area contributed by atoms with Crippen molar-refractivity contribution in [2.75, 3.05) is 13.7 Å². The van der Waals surface area contributed by atoms with Gasteiger partial charge in [0.2, 0.25) is 0 Å². The number of para-hydroxylation sites is 2. The molecule has 4 rings (SSSR count). The Labute approximate surface area is 147 Å². The molecule has 5 heteroatoms. The molecule has 2 heterocycles. The highest BCUT2D eigenvalue weighted by atomic mass is 16.5. The molecule has 1 aliphatic heterocycles. The van der Waals surface area contributed by atoms with Crippen LogP contribution < -0.4 is 9.47 Å². The van der Waals surface area contributed by atoms with Crippen molar-refractivity contribution in [2.24, 2.45) is 0 Å². The second-order valence-corrected chi connectivity index (χ2v) is 6.21. The molecular weight excluding hydrogens is 314 g/mol. The summed E-state index contributed by atoms with van der Waals surface area (Å²) in [7, 11) is 1.70. The molecule has 0 radical (unpaired) electrons. The number of hydrogen-bond acceptors (Lipinski definition) is 4. The van der Waals surface area contributed by atoms with Crippen molar-refractivity contribution in [3.63, 3.8) is 0 Å². The number of rotatable bonds is 4. The molecule has 2 aromatic carbocycles. The Morgan fingerprint density at radius 3 is 2.84 bits per heavy atom. The quantitative estimate of drug-likeness (QED) is 0.792. The Morgan fingerprint density at radius 1 is 1.16 bits per heavy atom. The zero-order valence-corrected chi connectivity index (χ0v) is 14.2. The summed E-state index contributed by atoms with van der Waals surface area (Å²) in [6.45, 7) is 2.40. The summed E-state index contributed by atoms with van der Waals surface area (Å²) in [5.41, 5.74) is 3.36. The van der Waals surface area contributed by atoms with Crippen molar-refractivity contribution in [3.8, 4) is 11.5 Å². The average molecular weight is 335 g/mol. The lowest BCUT2D eigenvalue weighted by Gasteiger charge is -2.24. The second kappa shape index (κ2) is 6.99. The number of aromatic amines is 1. The van der Waals surface area contributed by atoms with Crippen molar-refractivity contribution >= 4 is 0 Å². The van der Waals surface area contributed by atoms with Crippen LogP contribution >= 0.6 is 0 Å². The third-order valence-corrected chi connectivity index (χ3v) is 4.50. The Morgan fingerprint density at radius 2 is 2.00 bits per heavy atom. The summed E-state index contributed by atoms with van der Waals surface area (Å²) in [5.74, 6) is 1.79. The van der Waals surface area contributed by atoms with E-state index in [0.717, 1.165) is 42.4 Å². The first-order valence-electron chi connectivity index (χ1n) is 8.41. The molecule has 0 saturated carbocycles. The zero-order valence-electron chi connectivity index (χ0n) is 14.2. The number of ether oxygens (including phenoxy) is 2. The van der Waals surface area contributed by atoms with E-state index in [2.05, 4.69) is 33.3 Å². The number of benzene rings is 2. The van der Waals surface area contributed by atoms with E-state index < -0.39 is 0 Å². The zero-order chi connectivity index (χ0) is 17.1. The van der Waals surface area contributed by atoms with Crippen LogP contribution in [-0.2, 0) is 13.1 Å². The number of fused-ring (bicyclic) bond motifs is 1. The molecular formula is C20H21N3O2. The number of hydrogen-bond donors (Lipinski definition) is 1. The van der Waals surface area contributed by atoms with E-state index in [4.69, 9.17) is 9.47 Å². The van der Waals surface area contributed by atoms with Crippen LogP contribution in [0.25, 0.3) is 0 Å². The smallest absolute Gasteiger partial charge is 0.140 e. The second-order valence-electron chi connectivity index (χ2n) is 6.21. The first-order chi connectivity index (χ1) is 12.3. The minimum Gasteiger partial charge on any atom is -0.496 e. The first-order valence-corrected chi connectivity index (χ1v) is 8.41. The van der Waals surface area contributed by atoms with Crippen LogP contribution in [0.3, 0.4) is 0 Å². The van der Waals surface area contributed by atoms with Gasteiger partial charge in [-0.05, 0) is 18.2 Å². The summed E-state index contributed by atoms with van der Waals surface area (Å²) in [5, 5.41) is 7.11. The Hall–Kier alpha value is -2.79. The van der Waals surface area contributed by atoms with Crippen LogP contribution in [0.4, 0.5) is 0 Å². The number of aromatic nitrogens is 2. The van der Waals surface area contributed by atoms with Crippen LogP contribution in [0.1, 0.15) is 22.9 Å². The molecule has 3 aromatic rings. The third kappa shape index (κ3) is 3.37. The summed E-state index contributed by atoms with van der Waals surface area (Å²) in [6, 6.07) is 18.3. The Kier molecular flexibility index (Phi) is 4.39. The van der Waals surface area contributed by atoms with E-state index >= 15 is 0 Å². The van der Waals surface area contributed by atoms with E-state index in [1.54, 1.807) is 13.3 Å². The van der Waals surface area contributed by atoms with Crippen LogP contribution in [0.2, 0.25) is 0 Å². The monoisotopic (exact) mass is 335 g/mol. The Bertz CT molecular complexity index is 832. The van der Waals surface area contributed by atoms with E-state index in [0.29, 0.717) is 0 Å². The standard InChI is InChI=1S/C20H21N3O2/c1-24-19-9-5-3-7-17(19)20-14-23(13-16-10-11-21-22-16)12-15-6-2-4-8-18(15)25-20/h2-11,20H,12-14H2,1H3,(H,21,22). The molecule has 5 nitrogen and oxygen atoms in total. The number of nitrogens with zero attached hydrogens (tertiary/aromatic N) is 2. The maximum absolute atomic E-state index is 6.39. The number of methoxy groups -OCH3 is 1. The van der Waals surface area contributed by atoms with Gasteiger partial charge >= 0.3 is 0 Å². The van der Waals surface area contributed by atoms with Crippen molar-refractivity contribution < 1.29 is 9.47 Å². The van der Waals surface area contributed by atoms with E-state index in [-0.39, 0.29) is 6.10 Å². The SMILES string of the molecule is COc1ccccc1C1CN(Cc2ccn[nH]2)Cc2ccccc2O1. The maximum atomic E-state index is 6.39. The predicted molar refractivity (Wildman–Crippen MR) is 95.5 cm³/mol. The summed E-state index contributed by atoms with van der Waals surface area (Å²) < 4.78 is 11.9. The summed E-state index contributed by atoms with van der Waals surface area (Å²) in [6.07, 6.45) is 1.69. The lowest BCUT2D eigenvalue weighted by molar-refractivity contribution is 0.140. The molecule has 25 heavy (non-hydrogen) atoms. The summed E-state index contributed by atoms with van der Waals surface area (Å²) >= 11 is 0. The largest absolute Gasteiger partial charge is 0.496 e. The van der Waals surface area contributed by atoms with Crippen LogP contribution in [0.15, 0.2) is 60.8 Å². The molecule has 0 spiro atoms. The van der Waals surface area contributed by atoms with E-state index in [9.17, 15) is 0 Å². The van der Waals surface area contributed by atoms with Crippen molar-refractivity contribution in [1.82, 2.24) is 15.1 Å². The molecule has 0 amide bonds. The molecule has 1 N–H and O–H groups in total. The van der Waals surface area contributed by atoms with E-state index in [1.807, 2.05) is 36.4 Å². The first kappa shape index (κ1) is 15.7. The average Bonchev–Trinajstić information content (AvgIpc) is 3.08. The van der Waals surface area contributed by atoms with Gasteiger partial charge in [0.05, 0.1) is 7.11 Å². The topological polar surface area (TPSA) is 50.4 Å². The fraction of sp³-hybridized carbons (Fsp3) is 0.250. The van der Waals surface area contributed by atoms with Crippen LogP contribution in [0.5, 0.6) is 11.5 Å². The van der Waals surface area contributed by atoms with Crippen LogP contribution in [0, 0.1) is 0 Å². The minimum atomic E-state index is -0.0947. The van der Waals surface area contributed by atoms with Gasteiger partial charge in [-0.2, -0.15) is 5.10 Å². The molecule has 128 valence electrons. The van der Waals surface area contributed by atoms with Gasteiger partial charge < -0.3 is 9.47 Å². The molecule has 0 bridgehead atoms. The Balaban J connectivity index is 1.69. The lowest BCUT2D eigenvalue weighted by atomic mass is 10.1. The molecule has 0 saturated heterocycles. The summed E-state index contributed by atoms with van der Waals surface area (Å²) in [4.78, 5) is 2.37. The van der Waals surface area contributed by atoms with Gasteiger partial charge in [-0.25, -0.2) is 0 Å². The molecule has 1 aliphatic rings. The van der Waals surface area contributed by atoms with E-state index in [1.165, 1.54) is 5.56 Å². The van der Waals surface area contributed by atoms with Gasteiger partial charge in [0.25, 0.3) is 0 Å². The predicted octanol–water partition coefficient (Wildman–Crippen LogP) is 3.55. The van der Waals surface area contributed by atoms with Gasteiger partial charge in [0, 0.05) is 42.7 Å². The van der Waals surface area contributed by atoms with Gasteiger partial charge in [0.15, 0.2) is 0 Å². The third-order valence-electron chi connectivity index (χ3n) is 4.50. The molecule has 1 aromatic heterocycles. The highest BCUT2D eigenvalue weighted by Crippen LogP contribution is 2.35. The lowest BCUT2D eigenvalue weighted by Crippen LogP contribution is -2.28. The van der Waals surface area contributed by atoms with Gasteiger partial charge in [-0.1, -0.05) is 36.4 Å². The van der Waals surface area contributed by atoms with Crippen molar-refractivity contribution in [3.05, 3.63) is 77.6 Å². The van der Waals surface area contributed by atoms with Gasteiger partial charge in [-0.15, -0.1) is 0 Å². The minimum absolute atomic E-state index is 0.0947. The molecule has 0 fully saturated rings. The number of H-pyrrole nitrogens is 1. The van der Waals surface area contributed by atoms with Crippen molar-refractivity contribution in [1.29, 1.82) is 0 Å². The highest BCUT2D eigenvalue weighted by Gasteiger charge is 2.26. The van der Waals surface area contributed by atoms with Gasteiger partial charge in [0.1, 0.15) is 17.6 Å². The molecule has 1 unspecified atom stereocenters. The van der Waals surface area contributed by atoms with Crippen molar-refractivity contribution in [2.45, 2.75) is 19.2 Å². The highest BCUT2D eigenvalue weighted by molar-refractivity contribution is 5.39. The maximum Gasteiger partial charge on any atom is 0.140 e. The fourth-order valence-electron chi connectivity index (χ4n) is 3.31. The molecule has 1 atom stereocenters. The fourth-order valence-corrected chi connectivity index (χ4v) is 3.31. The van der Waals surface area contributed by atoms with Gasteiger partial charge in [-0.3, -0.25) is 10.00 Å².